The number of nitrogens with zero attached hydrogens (tertiary/aromatic N) is 4. The van der Waals surface area contributed by atoms with E-state index in [2.05, 4.69) is 21.3 Å². The van der Waals surface area contributed by atoms with Gasteiger partial charge in [-0.25, -0.2) is 14.6 Å². The van der Waals surface area contributed by atoms with Crippen molar-refractivity contribution >= 4 is 28.5 Å². The summed E-state index contributed by atoms with van der Waals surface area (Å²) in [5.74, 6) is 0.753. The molecule has 1 saturated carbocycles. The molecule has 7 nitrogen and oxygen atoms in total. The number of aryl methyl sites for hydroxylation is 1. The van der Waals surface area contributed by atoms with Gasteiger partial charge in [0.15, 0.2) is 5.69 Å². The van der Waals surface area contributed by atoms with Crippen molar-refractivity contribution in [3.05, 3.63) is 59.7 Å². The Morgan fingerprint density at radius 2 is 2.12 bits per heavy atom. The van der Waals surface area contributed by atoms with Crippen molar-refractivity contribution in [3.8, 4) is 5.75 Å². The Morgan fingerprint density at radius 1 is 1.26 bits per heavy atom. The minimum Gasteiger partial charge on any atom is -0.494 e. The molecule has 1 unspecified atom stereocenters. The van der Waals surface area contributed by atoms with Gasteiger partial charge in [0, 0.05) is 12.6 Å². The van der Waals surface area contributed by atoms with Gasteiger partial charge in [-0.2, -0.15) is 0 Å². The lowest BCUT2D eigenvalue weighted by molar-refractivity contribution is -0.0264. The number of imidazole rings is 1. The lowest BCUT2D eigenvalue weighted by Crippen LogP contribution is -2.45. The summed E-state index contributed by atoms with van der Waals surface area (Å²) in [6, 6.07) is 11.5. The summed E-state index contributed by atoms with van der Waals surface area (Å²) in [4.78, 5) is 22.9. The first-order chi connectivity index (χ1) is 16.3. The minimum absolute atomic E-state index is 0.0582. The molecule has 2 aromatic carbocycles. The highest BCUT2D eigenvalue weighted by atomic mass is 16.6. The number of carbonyl (C=O) groups excluding carboxylic acids is 1. The average molecular weight is 459 g/mol. The van der Waals surface area contributed by atoms with Crippen LogP contribution in [0.1, 0.15) is 45.1 Å². The number of carbonyl (C=O) groups is 1. The van der Waals surface area contributed by atoms with Crippen LogP contribution in [0.25, 0.3) is 15.9 Å². The van der Waals surface area contributed by atoms with Gasteiger partial charge >= 0.3 is 6.09 Å². The second-order valence-corrected chi connectivity index (χ2v) is 10.0. The predicted octanol–water partition coefficient (Wildman–Crippen LogP) is 6.27. The number of rotatable bonds is 5. The van der Waals surface area contributed by atoms with Gasteiger partial charge in [0.2, 0.25) is 0 Å². The highest BCUT2D eigenvalue weighted by molar-refractivity contribution is 5.90. The molecule has 0 bridgehead atoms. The molecular formula is C27H30N4O3. The molecule has 34 heavy (non-hydrogen) atoms. The maximum Gasteiger partial charge on any atom is 0.415 e. The van der Waals surface area contributed by atoms with Crippen LogP contribution in [-0.4, -0.2) is 34.4 Å². The molecule has 2 fully saturated rings. The molecule has 5 rings (SSSR count). The molecule has 2 atom stereocenters. The van der Waals surface area contributed by atoms with Gasteiger partial charge in [-0.05, 0) is 68.7 Å². The fourth-order valence-electron chi connectivity index (χ4n) is 5.80. The summed E-state index contributed by atoms with van der Waals surface area (Å²) >= 11 is 0. The van der Waals surface area contributed by atoms with E-state index in [0.29, 0.717) is 18.8 Å². The van der Waals surface area contributed by atoms with Crippen LogP contribution in [0.3, 0.4) is 0 Å². The first kappa shape index (κ1) is 22.3. The number of hydrogen-bond acceptors (Lipinski definition) is 4. The van der Waals surface area contributed by atoms with Crippen LogP contribution < -0.4 is 9.64 Å². The number of anilines is 1. The SMILES string of the molecule is [C-]#[N+]c1cc(C)c2ncn(C[C@@]3(C)CCCC4(CN(c5cccc(OCC)c5)C(=O)O4)C3)c2c1. The molecule has 2 aliphatic rings. The number of fused-ring (bicyclic) bond motifs is 1. The lowest BCUT2D eigenvalue weighted by atomic mass is 9.68. The normalized spacial score (nSPS) is 24.4. The summed E-state index contributed by atoms with van der Waals surface area (Å²) in [7, 11) is 0. The van der Waals surface area contributed by atoms with Crippen molar-refractivity contribution in [2.45, 2.75) is 58.6 Å². The zero-order valence-corrected chi connectivity index (χ0v) is 20.0. The van der Waals surface area contributed by atoms with Crippen LogP contribution in [0.15, 0.2) is 42.7 Å². The van der Waals surface area contributed by atoms with Crippen LogP contribution in [-0.2, 0) is 11.3 Å². The van der Waals surface area contributed by atoms with Gasteiger partial charge in [0.05, 0.1) is 42.8 Å². The van der Waals surface area contributed by atoms with Crippen molar-refractivity contribution in [2.75, 3.05) is 18.1 Å². The van der Waals surface area contributed by atoms with Crippen LogP contribution >= 0.6 is 0 Å². The third kappa shape index (κ3) is 3.98. The smallest absolute Gasteiger partial charge is 0.415 e. The van der Waals surface area contributed by atoms with E-state index in [1.165, 1.54) is 0 Å². The summed E-state index contributed by atoms with van der Waals surface area (Å²) in [5, 5.41) is 0. The fraction of sp³-hybridized carbons (Fsp3) is 0.444. The molecule has 1 amide bonds. The Kier molecular flexibility index (Phi) is 5.47. The van der Waals surface area contributed by atoms with E-state index in [-0.39, 0.29) is 11.5 Å². The Hall–Kier alpha value is -3.53. The highest BCUT2D eigenvalue weighted by Gasteiger charge is 2.51. The van der Waals surface area contributed by atoms with E-state index in [4.69, 9.17) is 16.0 Å². The second kappa shape index (κ2) is 8.35. The van der Waals surface area contributed by atoms with Gasteiger partial charge in [-0.15, -0.1) is 0 Å². The van der Waals surface area contributed by atoms with E-state index in [9.17, 15) is 4.79 Å². The van der Waals surface area contributed by atoms with Crippen LogP contribution in [0.2, 0.25) is 0 Å². The third-order valence-electron chi connectivity index (χ3n) is 7.15. The van der Waals surface area contributed by atoms with E-state index in [0.717, 1.165) is 60.3 Å². The first-order valence-electron chi connectivity index (χ1n) is 11.9. The molecule has 3 aromatic rings. The van der Waals surface area contributed by atoms with Crippen LogP contribution in [0.5, 0.6) is 5.75 Å². The van der Waals surface area contributed by atoms with Crippen molar-refractivity contribution < 1.29 is 14.3 Å². The number of benzene rings is 2. The quantitative estimate of drug-likeness (QED) is 0.423. The molecular weight excluding hydrogens is 428 g/mol. The second-order valence-electron chi connectivity index (χ2n) is 10.0. The Labute approximate surface area is 200 Å². The van der Waals surface area contributed by atoms with Gasteiger partial charge in [-0.3, -0.25) is 4.90 Å². The topological polar surface area (TPSA) is 61.0 Å². The van der Waals surface area contributed by atoms with Gasteiger partial charge in [-0.1, -0.05) is 19.1 Å². The van der Waals surface area contributed by atoms with E-state index in [1.54, 1.807) is 4.90 Å². The van der Waals surface area contributed by atoms with Gasteiger partial charge < -0.3 is 14.0 Å². The molecule has 0 radical (unpaired) electrons. The summed E-state index contributed by atoms with van der Waals surface area (Å²) < 4.78 is 13.9. The maximum absolute atomic E-state index is 12.9. The van der Waals surface area contributed by atoms with E-state index >= 15 is 0 Å². The standard InChI is InChI=1S/C27H30N4O3/c1-5-33-22-9-6-8-21(14-22)31-17-27(34-25(31)32)11-7-10-26(3,15-27)16-30-18-29-24-19(2)12-20(28-4)13-23(24)30/h6,8-9,12-14,18H,5,7,10-11,15-17H2,1-3H3/t26-,27?/m0/s1. The Balaban J connectivity index is 1.39. The molecule has 1 aliphatic carbocycles. The summed E-state index contributed by atoms with van der Waals surface area (Å²) in [5.41, 5.74) is 3.83. The monoisotopic (exact) mass is 458 g/mol. The Bertz CT molecular complexity index is 1290. The number of amides is 1. The highest BCUT2D eigenvalue weighted by Crippen LogP contribution is 2.48. The fourth-order valence-corrected chi connectivity index (χ4v) is 5.80. The molecule has 176 valence electrons. The number of hydrogen-bond donors (Lipinski definition) is 0. The largest absolute Gasteiger partial charge is 0.494 e. The zero-order valence-electron chi connectivity index (χ0n) is 20.0. The molecule has 1 aliphatic heterocycles. The van der Waals surface area contributed by atoms with Crippen LogP contribution in [0.4, 0.5) is 16.2 Å². The minimum atomic E-state index is -0.500. The van der Waals surface area contributed by atoms with Gasteiger partial charge in [0.25, 0.3) is 0 Å². The summed E-state index contributed by atoms with van der Waals surface area (Å²) in [6.07, 6.45) is 5.28. The Morgan fingerprint density at radius 3 is 2.91 bits per heavy atom. The first-order valence-corrected chi connectivity index (χ1v) is 11.9. The van der Waals surface area contributed by atoms with Gasteiger partial charge in [0.1, 0.15) is 11.4 Å². The number of ether oxygens (including phenoxy) is 2. The zero-order chi connectivity index (χ0) is 23.9. The van der Waals surface area contributed by atoms with Crippen molar-refractivity contribution in [3.63, 3.8) is 0 Å². The molecule has 1 saturated heterocycles. The third-order valence-corrected chi connectivity index (χ3v) is 7.15. The summed E-state index contributed by atoms with van der Waals surface area (Å²) in [6.45, 7) is 15.5. The van der Waals surface area contributed by atoms with E-state index < -0.39 is 5.60 Å². The molecule has 1 aromatic heterocycles. The number of aromatic nitrogens is 2. The van der Waals surface area contributed by atoms with Crippen molar-refractivity contribution in [1.82, 2.24) is 9.55 Å². The van der Waals surface area contributed by atoms with E-state index in [1.807, 2.05) is 56.6 Å². The maximum atomic E-state index is 12.9. The van der Waals surface area contributed by atoms with Crippen molar-refractivity contribution in [1.29, 1.82) is 0 Å². The molecule has 2 heterocycles. The molecule has 1 spiro atoms. The molecule has 0 N–H and O–H groups in total. The molecule has 7 heteroatoms. The van der Waals surface area contributed by atoms with Crippen LogP contribution in [0, 0.1) is 18.9 Å². The lowest BCUT2D eigenvalue weighted by Gasteiger charge is -2.43. The predicted molar refractivity (Wildman–Crippen MR) is 131 cm³/mol. The average Bonchev–Trinajstić information content (AvgIpc) is 3.34. The van der Waals surface area contributed by atoms with Crippen molar-refractivity contribution in [2.24, 2.45) is 5.41 Å².